The van der Waals surface area contributed by atoms with Crippen LogP contribution < -0.4 is 5.56 Å². The number of hydrogen-bond donors (Lipinski definition) is 1. The molecule has 0 bridgehead atoms. The van der Waals surface area contributed by atoms with Crippen LogP contribution in [0.2, 0.25) is 0 Å². The Labute approximate surface area is 140 Å². The number of aryl methyl sites for hydroxylation is 1. The number of likely N-dealkylation sites (tertiary alicyclic amines) is 1. The molecule has 0 aromatic carbocycles. The molecule has 0 amide bonds. The van der Waals surface area contributed by atoms with Crippen molar-refractivity contribution in [3.63, 3.8) is 0 Å². The monoisotopic (exact) mass is 323 g/mol. The molecule has 124 valence electrons. The van der Waals surface area contributed by atoms with Gasteiger partial charge in [-0.1, -0.05) is 0 Å². The fourth-order valence-electron chi connectivity index (χ4n) is 3.42. The van der Waals surface area contributed by atoms with Crippen molar-refractivity contribution in [2.45, 2.75) is 32.7 Å². The topological polar surface area (TPSA) is 66.3 Å². The number of rotatable bonds is 3. The normalized spacial score (nSPS) is 18.5. The summed E-state index contributed by atoms with van der Waals surface area (Å²) < 4.78 is 1.57. The molecule has 3 aromatic heterocycles. The van der Waals surface area contributed by atoms with E-state index in [1.165, 1.54) is 5.56 Å². The standard InChI is InChI=1S/C18H21N5O/c1-12-13(2)20-17-9-16(21-23(17)18(12)24)15-5-8-22(11-15)10-14-3-6-19-7-4-14/h3-4,6-7,9,15,21H,5,8,10-11H2,1-2H3/t15-/m1/s1. The van der Waals surface area contributed by atoms with E-state index in [4.69, 9.17) is 0 Å². The fraction of sp³-hybridized carbons (Fsp3) is 0.389. The van der Waals surface area contributed by atoms with Crippen LogP contribution in [0.15, 0.2) is 35.4 Å². The molecule has 3 aromatic rings. The molecule has 4 heterocycles. The van der Waals surface area contributed by atoms with Crippen LogP contribution in [0.1, 0.15) is 34.9 Å². The molecule has 4 rings (SSSR count). The zero-order chi connectivity index (χ0) is 16.7. The minimum absolute atomic E-state index is 0.00427. The molecule has 0 spiro atoms. The van der Waals surface area contributed by atoms with Crippen LogP contribution >= 0.6 is 0 Å². The van der Waals surface area contributed by atoms with Crippen LogP contribution in [0, 0.1) is 13.8 Å². The first kappa shape index (κ1) is 15.1. The van der Waals surface area contributed by atoms with Gasteiger partial charge in [-0.25, -0.2) is 9.50 Å². The molecule has 0 unspecified atom stereocenters. The number of nitrogens with one attached hydrogen (secondary N) is 1. The van der Waals surface area contributed by atoms with E-state index in [1.807, 2.05) is 32.3 Å². The maximum Gasteiger partial charge on any atom is 0.275 e. The first-order chi connectivity index (χ1) is 11.6. The lowest BCUT2D eigenvalue weighted by molar-refractivity contribution is 0.326. The van der Waals surface area contributed by atoms with Gasteiger partial charge in [-0.05, 0) is 44.5 Å². The van der Waals surface area contributed by atoms with Gasteiger partial charge in [0, 0.05) is 54.4 Å². The van der Waals surface area contributed by atoms with Gasteiger partial charge in [0.25, 0.3) is 5.56 Å². The van der Waals surface area contributed by atoms with Crippen molar-refractivity contribution in [1.82, 2.24) is 24.5 Å². The zero-order valence-corrected chi connectivity index (χ0v) is 14.0. The summed E-state index contributed by atoms with van der Waals surface area (Å²) in [5, 5.41) is 3.26. The van der Waals surface area contributed by atoms with Crippen LogP contribution in [0.4, 0.5) is 0 Å². The second-order valence-corrected chi connectivity index (χ2v) is 6.61. The van der Waals surface area contributed by atoms with Crippen LogP contribution in [0.5, 0.6) is 0 Å². The van der Waals surface area contributed by atoms with E-state index in [-0.39, 0.29) is 5.56 Å². The van der Waals surface area contributed by atoms with Gasteiger partial charge >= 0.3 is 0 Å². The van der Waals surface area contributed by atoms with E-state index < -0.39 is 0 Å². The van der Waals surface area contributed by atoms with E-state index >= 15 is 0 Å². The Bertz CT molecular complexity index is 928. The summed E-state index contributed by atoms with van der Waals surface area (Å²) in [6, 6.07) is 6.14. The van der Waals surface area contributed by atoms with E-state index in [0.29, 0.717) is 17.1 Å². The van der Waals surface area contributed by atoms with Gasteiger partial charge in [-0.3, -0.25) is 19.8 Å². The summed E-state index contributed by atoms with van der Waals surface area (Å²) in [4.78, 5) is 23.4. The maximum absolute atomic E-state index is 12.4. The van der Waals surface area contributed by atoms with Crippen molar-refractivity contribution in [2.24, 2.45) is 0 Å². The SMILES string of the molecule is Cc1nc2cc([C@@H]3CCN(Cc4ccncc4)C3)[nH]n2c(=O)c1C. The van der Waals surface area contributed by atoms with Crippen molar-refractivity contribution in [3.05, 3.63) is 63.5 Å². The first-order valence-corrected chi connectivity index (χ1v) is 8.32. The van der Waals surface area contributed by atoms with Crippen LogP contribution in [-0.2, 0) is 6.54 Å². The molecule has 1 saturated heterocycles. The lowest BCUT2D eigenvalue weighted by Crippen LogP contribution is -2.20. The summed E-state index contributed by atoms with van der Waals surface area (Å²) in [6.45, 7) is 6.69. The van der Waals surface area contributed by atoms with Gasteiger partial charge in [0.15, 0.2) is 5.65 Å². The average Bonchev–Trinajstić information content (AvgIpc) is 3.20. The van der Waals surface area contributed by atoms with Gasteiger partial charge in [-0.15, -0.1) is 0 Å². The van der Waals surface area contributed by atoms with Gasteiger partial charge < -0.3 is 0 Å². The Kier molecular flexibility index (Phi) is 3.69. The lowest BCUT2D eigenvalue weighted by atomic mass is 10.1. The summed E-state index contributed by atoms with van der Waals surface area (Å²) in [6.07, 6.45) is 4.76. The average molecular weight is 323 g/mol. The zero-order valence-electron chi connectivity index (χ0n) is 14.0. The second kappa shape index (κ2) is 5.87. The molecule has 6 nitrogen and oxygen atoms in total. The summed E-state index contributed by atoms with van der Waals surface area (Å²) >= 11 is 0. The number of pyridine rings is 1. The number of nitrogens with zero attached hydrogens (tertiary/aromatic N) is 4. The molecule has 0 aliphatic carbocycles. The summed E-state index contributed by atoms with van der Waals surface area (Å²) in [5.74, 6) is 0.411. The predicted octanol–water partition coefficient (Wildman–Crippen LogP) is 2.02. The molecule has 6 heteroatoms. The molecule has 1 aliphatic rings. The molecule has 1 fully saturated rings. The first-order valence-electron chi connectivity index (χ1n) is 8.32. The van der Waals surface area contributed by atoms with Gasteiger partial charge in [0.1, 0.15) is 0 Å². The fourth-order valence-corrected chi connectivity index (χ4v) is 3.42. The number of aromatic nitrogens is 4. The molecular formula is C18H21N5O. The largest absolute Gasteiger partial charge is 0.298 e. The third-order valence-corrected chi connectivity index (χ3v) is 4.97. The Morgan fingerprint density at radius 1 is 1.29 bits per heavy atom. The predicted molar refractivity (Wildman–Crippen MR) is 92.2 cm³/mol. The highest BCUT2D eigenvalue weighted by atomic mass is 16.1. The van der Waals surface area contributed by atoms with Crippen molar-refractivity contribution >= 4 is 5.65 Å². The Morgan fingerprint density at radius 2 is 2.08 bits per heavy atom. The summed E-state index contributed by atoms with van der Waals surface area (Å²) in [7, 11) is 0. The number of H-pyrrole nitrogens is 1. The van der Waals surface area contributed by atoms with E-state index in [1.54, 1.807) is 4.52 Å². The molecule has 0 saturated carbocycles. The van der Waals surface area contributed by atoms with Crippen molar-refractivity contribution in [3.8, 4) is 0 Å². The van der Waals surface area contributed by atoms with Crippen LogP contribution in [0.25, 0.3) is 5.65 Å². The Morgan fingerprint density at radius 3 is 2.88 bits per heavy atom. The number of aromatic amines is 1. The molecule has 1 atom stereocenters. The highest BCUT2D eigenvalue weighted by molar-refractivity contribution is 5.42. The highest BCUT2D eigenvalue weighted by Gasteiger charge is 2.25. The number of fused-ring (bicyclic) bond motifs is 1. The van der Waals surface area contributed by atoms with Crippen molar-refractivity contribution in [1.29, 1.82) is 0 Å². The third kappa shape index (κ3) is 2.63. The lowest BCUT2D eigenvalue weighted by Gasteiger charge is -2.15. The van der Waals surface area contributed by atoms with Crippen LogP contribution in [0.3, 0.4) is 0 Å². The highest BCUT2D eigenvalue weighted by Crippen LogP contribution is 2.27. The van der Waals surface area contributed by atoms with Crippen molar-refractivity contribution in [2.75, 3.05) is 13.1 Å². The van der Waals surface area contributed by atoms with Gasteiger partial charge in [0.2, 0.25) is 0 Å². The Hall–Kier alpha value is -2.47. The minimum atomic E-state index is -0.00427. The van der Waals surface area contributed by atoms with Crippen molar-refractivity contribution < 1.29 is 0 Å². The second-order valence-electron chi connectivity index (χ2n) is 6.61. The van der Waals surface area contributed by atoms with Gasteiger partial charge in [0.05, 0.1) is 0 Å². The van der Waals surface area contributed by atoms with Gasteiger partial charge in [-0.2, -0.15) is 0 Å². The van der Waals surface area contributed by atoms with Crippen LogP contribution in [-0.4, -0.2) is 37.6 Å². The minimum Gasteiger partial charge on any atom is -0.298 e. The molecule has 24 heavy (non-hydrogen) atoms. The van der Waals surface area contributed by atoms with E-state index in [0.717, 1.165) is 37.4 Å². The molecule has 0 radical (unpaired) electrons. The third-order valence-electron chi connectivity index (χ3n) is 4.97. The maximum atomic E-state index is 12.4. The number of hydrogen-bond acceptors (Lipinski definition) is 4. The summed E-state index contributed by atoms with van der Waals surface area (Å²) in [5.41, 5.74) is 4.59. The smallest absolute Gasteiger partial charge is 0.275 e. The molecular weight excluding hydrogens is 302 g/mol. The quantitative estimate of drug-likeness (QED) is 0.801. The molecule has 1 aliphatic heterocycles. The Balaban J connectivity index is 1.56. The molecule has 1 N–H and O–H groups in total. The van der Waals surface area contributed by atoms with E-state index in [2.05, 4.69) is 32.1 Å². The van der Waals surface area contributed by atoms with E-state index in [9.17, 15) is 4.79 Å².